The number of carbonyl (C=O) groups excluding carboxylic acids is 1. The summed E-state index contributed by atoms with van der Waals surface area (Å²) in [6.07, 6.45) is 5.90. The molecule has 1 aliphatic rings. The van der Waals surface area contributed by atoms with Crippen LogP contribution in [0.2, 0.25) is 0 Å². The van der Waals surface area contributed by atoms with Crippen molar-refractivity contribution in [2.24, 2.45) is 0 Å². The van der Waals surface area contributed by atoms with Crippen LogP contribution in [-0.2, 0) is 11.2 Å². The normalized spacial score (nSPS) is 19.8. The van der Waals surface area contributed by atoms with Crippen LogP contribution in [0.25, 0.3) is 0 Å². The lowest BCUT2D eigenvalue weighted by Gasteiger charge is -2.21. The molecule has 122 valence electrons. The van der Waals surface area contributed by atoms with Gasteiger partial charge in [0.2, 0.25) is 5.91 Å². The van der Waals surface area contributed by atoms with Gasteiger partial charge in [0.1, 0.15) is 0 Å². The second kappa shape index (κ2) is 10.2. The maximum absolute atomic E-state index is 11.8. The summed E-state index contributed by atoms with van der Waals surface area (Å²) >= 11 is 0. The van der Waals surface area contributed by atoms with Crippen molar-refractivity contribution in [3.05, 3.63) is 48.0 Å². The number of hydrogen-bond donors (Lipinski definition) is 1. The summed E-state index contributed by atoms with van der Waals surface area (Å²) in [6.45, 7) is 4.99. The molecule has 2 atom stereocenters. The fourth-order valence-electron chi connectivity index (χ4n) is 2.60. The van der Waals surface area contributed by atoms with E-state index in [2.05, 4.69) is 0 Å². The highest BCUT2D eigenvalue weighted by Gasteiger charge is 2.28. The topological polar surface area (TPSA) is 40.5 Å². The molecular weight excluding hydrogens is 274 g/mol. The second-order valence-corrected chi connectivity index (χ2v) is 5.19. The predicted molar refractivity (Wildman–Crippen MR) is 91.7 cm³/mol. The Balaban J connectivity index is 0.00000127. The van der Waals surface area contributed by atoms with E-state index in [1.54, 1.807) is 6.08 Å². The summed E-state index contributed by atoms with van der Waals surface area (Å²) in [7, 11) is 0. The number of carbonyl (C=O) groups is 1. The van der Waals surface area contributed by atoms with Gasteiger partial charge in [-0.3, -0.25) is 4.79 Å². The van der Waals surface area contributed by atoms with E-state index in [0.717, 1.165) is 12.0 Å². The fourth-order valence-corrected chi connectivity index (χ4v) is 2.60. The molecule has 1 fully saturated rings. The van der Waals surface area contributed by atoms with Gasteiger partial charge in [0, 0.05) is 20.8 Å². The minimum absolute atomic E-state index is 0.0782. The van der Waals surface area contributed by atoms with Crippen molar-refractivity contribution in [2.45, 2.75) is 58.6 Å². The number of nitrogens with zero attached hydrogens (tertiary/aromatic N) is 1. The first-order valence-corrected chi connectivity index (χ1v) is 8.19. The fraction of sp³-hybridized carbons (Fsp3) is 0.526. The molecule has 0 saturated carbocycles. The Morgan fingerprint density at radius 3 is 2.82 bits per heavy atom. The van der Waals surface area contributed by atoms with Crippen LogP contribution < -0.4 is 0 Å². The van der Waals surface area contributed by atoms with E-state index >= 15 is 0 Å². The third kappa shape index (κ3) is 5.64. The Morgan fingerprint density at radius 1 is 1.41 bits per heavy atom. The van der Waals surface area contributed by atoms with Gasteiger partial charge in [0.25, 0.3) is 0 Å². The SMILES string of the molecule is CC.[2H]CCCN1C(=O)CC[C@@H]1C=CC(O)Cc1ccccc1. The summed E-state index contributed by atoms with van der Waals surface area (Å²) < 4.78 is 7.20. The van der Waals surface area contributed by atoms with E-state index in [1.807, 2.05) is 55.2 Å². The number of amides is 1. The quantitative estimate of drug-likeness (QED) is 0.816. The number of aliphatic hydroxyl groups excluding tert-OH is 1. The maximum Gasteiger partial charge on any atom is 0.223 e. The van der Waals surface area contributed by atoms with E-state index in [1.165, 1.54) is 0 Å². The second-order valence-electron chi connectivity index (χ2n) is 5.19. The molecule has 1 aromatic carbocycles. The monoisotopic (exact) mass is 304 g/mol. The van der Waals surface area contributed by atoms with Crippen LogP contribution in [0.1, 0.15) is 46.9 Å². The zero-order valence-corrected chi connectivity index (χ0v) is 13.7. The Bertz CT molecular complexity index is 476. The van der Waals surface area contributed by atoms with Crippen LogP contribution in [0.5, 0.6) is 0 Å². The van der Waals surface area contributed by atoms with Gasteiger partial charge in [-0.2, -0.15) is 0 Å². The molecule has 1 aliphatic heterocycles. The Morgan fingerprint density at radius 2 is 2.14 bits per heavy atom. The van der Waals surface area contributed by atoms with Crippen LogP contribution in [0.4, 0.5) is 0 Å². The van der Waals surface area contributed by atoms with Crippen molar-refractivity contribution < 1.29 is 11.3 Å². The van der Waals surface area contributed by atoms with E-state index in [0.29, 0.717) is 32.7 Å². The zero-order chi connectivity index (χ0) is 17.1. The molecule has 0 aromatic heterocycles. The highest BCUT2D eigenvalue weighted by molar-refractivity contribution is 5.79. The largest absolute Gasteiger partial charge is 0.389 e. The minimum atomic E-state index is -0.527. The van der Waals surface area contributed by atoms with Crippen LogP contribution in [-0.4, -0.2) is 34.6 Å². The van der Waals surface area contributed by atoms with E-state index in [4.69, 9.17) is 1.37 Å². The van der Waals surface area contributed by atoms with Gasteiger partial charge in [-0.1, -0.05) is 63.2 Å². The molecule has 0 radical (unpaired) electrons. The number of likely N-dealkylation sites (tertiary alicyclic amines) is 1. The molecule has 3 heteroatoms. The molecule has 1 unspecified atom stereocenters. The van der Waals surface area contributed by atoms with E-state index < -0.39 is 6.10 Å². The average molecular weight is 304 g/mol. The van der Waals surface area contributed by atoms with Crippen molar-refractivity contribution in [3.8, 4) is 0 Å². The molecule has 0 spiro atoms. The van der Waals surface area contributed by atoms with Gasteiger partial charge in [0.05, 0.1) is 12.1 Å². The molecule has 0 aliphatic carbocycles. The van der Waals surface area contributed by atoms with Gasteiger partial charge in [-0.15, -0.1) is 0 Å². The molecule has 2 rings (SSSR count). The van der Waals surface area contributed by atoms with Gasteiger partial charge in [-0.05, 0) is 18.4 Å². The molecule has 3 nitrogen and oxygen atoms in total. The number of rotatable bonds is 6. The molecule has 1 N–H and O–H groups in total. The smallest absolute Gasteiger partial charge is 0.223 e. The van der Waals surface area contributed by atoms with Gasteiger partial charge in [0.15, 0.2) is 0 Å². The molecule has 1 amide bonds. The first-order chi connectivity index (χ1) is 11.2. The average Bonchev–Trinajstić information content (AvgIpc) is 2.94. The lowest BCUT2D eigenvalue weighted by Crippen LogP contribution is -2.32. The van der Waals surface area contributed by atoms with Crippen LogP contribution in [0.3, 0.4) is 0 Å². The first kappa shape index (κ1) is 16.8. The van der Waals surface area contributed by atoms with Crippen molar-refractivity contribution in [2.75, 3.05) is 6.54 Å². The van der Waals surface area contributed by atoms with Crippen molar-refractivity contribution in [1.29, 1.82) is 0 Å². The van der Waals surface area contributed by atoms with Crippen LogP contribution >= 0.6 is 0 Å². The third-order valence-electron chi connectivity index (χ3n) is 3.62. The molecule has 1 saturated heterocycles. The Kier molecular flexibility index (Phi) is 7.75. The van der Waals surface area contributed by atoms with Gasteiger partial charge < -0.3 is 10.0 Å². The van der Waals surface area contributed by atoms with Crippen LogP contribution in [0.15, 0.2) is 42.5 Å². The molecule has 1 aromatic rings. The summed E-state index contributed by atoms with van der Waals surface area (Å²) in [6, 6.07) is 9.95. The lowest BCUT2D eigenvalue weighted by molar-refractivity contribution is -0.128. The summed E-state index contributed by atoms with van der Waals surface area (Å²) in [5.74, 6) is 0.163. The first-order valence-electron chi connectivity index (χ1n) is 8.90. The van der Waals surface area contributed by atoms with Crippen molar-refractivity contribution >= 4 is 5.91 Å². The van der Waals surface area contributed by atoms with Crippen LogP contribution in [0, 0.1) is 0 Å². The third-order valence-corrected chi connectivity index (χ3v) is 3.62. The molecule has 0 bridgehead atoms. The van der Waals surface area contributed by atoms with Gasteiger partial charge in [-0.25, -0.2) is 0 Å². The summed E-state index contributed by atoms with van der Waals surface area (Å²) in [5, 5.41) is 10.1. The zero-order valence-electron chi connectivity index (χ0n) is 14.7. The molecular formula is C19H29NO2. The molecule has 22 heavy (non-hydrogen) atoms. The summed E-state index contributed by atoms with van der Waals surface area (Å²) in [4.78, 5) is 13.6. The molecule has 1 heterocycles. The predicted octanol–water partition coefficient (Wildman–Crippen LogP) is 3.57. The van der Waals surface area contributed by atoms with Crippen molar-refractivity contribution in [3.63, 3.8) is 0 Å². The Hall–Kier alpha value is -1.61. The lowest BCUT2D eigenvalue weighted by atomic mass is 10.1. The van der Waals surface area contributed by atoms with E-state index in [9.17, 15) is 9.90 Å². The minimum Gasteiger partial charge on any atom is -0.389 e. The van der Waals surface area contributed by atoms with Gasteiger partial charge >= 0.3 is 0 Å². The maximum atomic E-state index is 11.8. The highest BCUT2D eigenvalue weighted by atomic mass is 16.3. The number of benzene rings is 1. The summed E-state index contributed by atoms with van der Waals surface area (Å²) in [5.41, 5.74) is 1.10. The standard InChI is InChI=1S/C17H23NO2.C2H6/c1-2-12-18-15(9-11-17(18)20)8-10-16(19)13-14-6-4-3-5-7-14;1-2/h3-8,10,15-16,19H,2,9,11-13H2,1H3;1-2H3/t15-,16?;/m0./s1/i1D;. The number of aliphatic hydroxyl groups is 1. The van der Waals surface area contributed by atoms with Crippen molar-refractivity contribution in [1.82, 2.24) is 4.90 Å². The number of hydrogen-bond acceptors (Lipinski definition) is 2. The highest BCUT2D eigenvalue weighted by Crippen LogP contribution is 2.20. The van der Waals surface area contributed by atoms with E-state index in [-0.39, 0.29) is 11.9 Å². The Labute approximate surface area is 136 Å².